The molecule has 0 aliphatic rings. The summed E-state index contributed by atoms with van der Waals surface area (Å²) >= 11 is 0. The number of benzene rings is 1. The summed E-state index contributed by atoms with van der Waals surface area (Å²) in [6, 6.07) is 4.26. The molecule has 1 heterocycles. The second kappa shape index (κ2) is 4.55. The summed E-state index contributed by atoms with van der Waals surface area (Å²) in [5.74, 6) is -0.836. The van der Waals surface area contributed by atoms with Crippen molar-refractivity contribution in [2.75, 3.05) is 0 Å². The fourth-order valence-corrected chi connectivity index (χ4v) is 1.60. The van der Waals surface area contributed by atoms with E-state index in [9.17, 15) is 8.78 Å². The van der Waals surface area contributed by atoms with Crippen LogP contribution in [0.1, 0.15) is 23.1 Å². The molecule has 3 nitrogen and oxygen atoms in total. The molecular weight excluding hydrogens is 224 g/mol. The van der Waals surface area contributed by atoms with Gasteiger partial charge >= 0.3 is 0 Å². The van der Waals surface area contributed by atoms with Crippen LogP contribution < -0.4 is 5.73 Å². The average Bonchev–Trinajstić information content (AvgIpc) is 2.28. The average molecular weight is 235 g/mol. The fourth-order valence-electron chi connectivity index (χ4n) is 1.60. The molecule has 1 atom stereocenters. The van der Waals surface area contributed by atoms with Crippen molar-refractivity contribution in [3.8, 4) is 0 Å². The minimum Gasteiger partial charge on any atom is -0.319 e. The number of nitrogens with two attached hydrogens (primary N) is 1. The Balaban J connectivity index is 2.47. The van der Waals surface area contributed by atoms with Crippen LogP contribution in [0.15, 0.2) is 30.5 Å². The number of hydrogen-bond donors (Lipinski definition) is 1. The molecule has 2 aromatic rings. The number of aromatic nitrogens is 2. The normalized spacial score (nSPS) is 12.5. The van der Waals surface area contributed by atoms with Crippen molar-refractivity contribution in [2.24, 2.45) is 5.73 Å². The van der Waals surface area contributed by atoms with Crippen LogP contribution in [0.4, 0.5) is 8.78 Å². The van der Waals surface area contributed by atoms with Crippen molar-refractivity contribution in [2.45, 2.75) is 13.0 Å². The topological polar surface area (TPSA) is 51.8 Å². The van der Waals surface area contributed by atoms with Crippen molar-refractivity contribution >= 4 is 0 Å². The first kappa shape index (κ1) is 11.6. The Morgan fingerprint density at radius 3 is 2.41 bits per heavy atom. The molecule has 2 rings (SSSR count). The second-order valence-electron chi connectivity index (χ2n) is 3.64. The van der Waals surface area contributed by atoms with Gasteiger partial charge in [0.25, 0.3) is 0 Å². The van der Waals surface area contributed by atoms with Crippen LogP contribution in [0.25, 0.3) is 0 Å². The maximum atomic E-state index is 13.5. The third-order valence-corrected chi connectivity index (χ3v) is 2.43. The van der Waals surface area contributed by atoms with Gasteiger partial charge in [-0.15, -0.1) is 0 Å². The van der Waals surface area contributed by atoms with E-state index in [4.69, 9.17) is 5.73 Å². The molecule has 17 heavy (non-hydrogen) atoms. The molecule has 0 spiro atoms. The lowest BCUT2D eigenvalue weighted by Gasteiger charge is -2.13. The molecule has 0 aliphatic carbocycles. The molecule has 88 valence electrons. The molecule has 0 saturated carbocycles. The minimum absolute atomic E-state index is 0.175. The van der Waals surface area contributed by atoms with Gasteiger partial charge in [0.15, 0.2) is 0 Å². The lowest BCUT2D eigenvalue weighted by molar-refractivity contribution is 0.540. The lowest BCUT2D eigenvalue weighted by atomic mass is 10.0. The van der Waals surface area contributed by atoms with Crippen LogP contribution in [0.3, 0.4) is 0 Å². The number of aryl methyl sites for hydroxylation is 1. The number of rotatable bonds is 2. The second-order valence-corrected chi connectivity index (χ2v) is 3.64. The van der Waals surface area contributed by atoms with E-state index in [0.717, 1.165) is 0 Å². The number of nitrogens with zero attached hydrogens (tertiary/aromatic N) is 2. The van der Waals surface area contributed by atoms with Gasteiger partial charge in [0, 0.05) is 11.8 Å². The van der Waals surface area contributed by atoms with Crippen LogP contribution in [-0.4, -0.2) is 9.97 Å². The zero-order valence-corrected chi connectivity index (χ0v) is 9.19. The molecule has 0 radical (unpaired) electrons. The molecule has 2 N–H and O–H groups in total. The third-order valence-electron chi connectivity index (χ3n) is 2.43. The quantitative estimate of drug-likeness (QED) is 0.867. The maximum Gasteiger partial charge on any atom is 0.131 e. The van der Waals surface area contributed by atoms with Gasteiger partial charge in [0.05, 0.1) is 11.7 Å². The molecule has 1 unspecified atom stereocenters. The summed E-state index contributed by atoms with van der Waals surface area (Å²) in [4.78, 5) is 7.97. The monoisotopic (exact) mass is 235 g/mol. The van der Waals surface area contributed by atoms with E-state index in [-0.39, 0.29) is 5.56 Å². The highest BCUT2D eigenvalue weighted by Crippen LogP contribution is 2.23. The molecule has 0 amide bonds. The Morgan fingerprint density at radius 2 is 1.82 bits per heavy atom. The van der Waals surface area contributed by atoms with Crippen LogP contribution in [-0.2, 0) is 0 Å². The first-order valence-electron chi connectivity index (χ1n) is 5.08. The van der Waals surface area contributed by atoms with E-state index >= 15 is 0 Å². The largest absolute Gasteiger partial charge is 0.319 e. The Kier molecular flexibility index (Phi) is 3.10. The van der Waals surface area contributed by atoms with Gasteiger partial charge in [-0.1, -0.05) is 6.07 Å². The summed E-state index contributed by atoms with van der Waals surface area (Å²) in [7, 11) is 0. The van der Waals surface area contributed by atoms with Gasteiger partial charge in [-0.05, 0) is 25.1 Å². The smallest absolute Gasteiger partial charge is 0.131 e. The van der Waals surface area contributed by atoms with E-state index in [0.29, 0.717) is 11.5 Å². The summed E-state index contributed by atoms with van der Waals surface area (Å²) in [5.41, 5.74) is 6.03. The number of halogens is 2. The van der Waals surface area contributed by atoms with Gasteiger partial charge in [-0.2, -0.15) is 0 Å². The Hall–Kier alpha value is -1.88. The van der Waals surface area contributed by atoms with Gasteiger partial charge in [0.1, 0.15) is 17.5 Å². The van der Waals surface area contributed by atoms with E-state index in [2.05, 4.69) is 9.97 Å². The minimum atomic E-state index is -0.933. The Labute approximate surface area is 97.3 Å². The van der Waals surface area contributed by atoms with Crippen molar-refractivity contribution in [1.82, 2.24) is 9.97 Å². The molecule has 0 fully saturated rings. The van der Waals surface area contributed by atoms with E-state index in [1.165, 1.54) is 24.4 Å². The standard InChI is InChI=1S/C12H11F2N3/c1-7-16-6-5-10(17-7)12(15)11-8(13)3-2-4-9(11)14/h2-6,12H,15H2,1H3. The predicted octanol–water partition coefficient (Wildman–Crippen LogP) is 2.11. The first-order valence-corrected chi connectivity index (χ1v) is 5.08. The van der Waals surface area contributed by atoms with Crippen LogP contribution in [0.5, 0.6) is 0 Å². The molecule has 0 bridgehead atoms. The van der Waals surface area contributed by atoms with Crippen molar-refractivity contribution in [1.29, 1.82) is 0 Å². The summed E-state index contributed by atoms with van der Waals surface area (Å²) in [6.07, 6.45) is 1.51. The van der Waals surface area contributed by atoms with E-state index < -0.39 is 17.7 Å². The predicted molar refractivity (Wildman–Crippen MR) is 59.2 cm³/mol. The van der Waals surface area contributed by atoms with Crippen LogP contribution >= 0.6 is 0 Å². The molecule has 0 aliphatic heterocycles. The molecule has 5 heteroatoms. The maximum absolute atomic E-state index is 13.5. The van der Waals surface area contributed by atoms with Crippen molar-refractivity contribution in [3.63, 3.8) is 0 Å². The highest BCUT2D eigenvalue weighted by Gasteiger charge is 2.19. The number of hydrogen-bond acceptors (Lipinski definition) is 3. The van der Waals surface area contributed by atoms with Gasteiger partial charge < -0.3 is 5.73 Å². The SMILES string of the molecule is Cc1nccc(C(N)c2c(F)cccc2F)n1. The van der Waals surface area contributed by atoms with Crippen molar-refractivity contribution < 1.29 is 8.78 Å². The van der Waals surface area contributed by atoms with Crippen LogP contribution in [0.2, 0.25) is 0 Å². The third kappa shape index (κ3) is 2.29. The van der Waals surface area contributed by atoms with Crippen molar-refractivity contribution in [3.05, 3.63) is 59.2 Å². The van der Waals surface area contributed by atoms with Gasteiger partial charge in [-0.25, -0.2) is 18.7 Å². The molecule has 0 saturated heterocycles. The summed E-state index contributed by atoms with van der Waals surface area (Å²) < 4.78 is 27.0. The van der Waals surface area contributed by atoms with Crippen LogP contribution in [0, 0.1) is 18.6 Å². The lowest BCUT2D eigenvalue weighted by Crippen LogP contribution is -2.17. The Bertz CT molecular complexity index is 523. The summed E-state index contributed by atoms with van der Waals surface area (Å²) in [6.45, 7) is 1.69. The molecule has 1 aromatic heterocycles. The first-order chi connectivity index (χ1) is 8.09. The highest BCUT2D eigenvalue weighted by molar-refractivity contribution is 5.29. The zero-order valence-electron chi connectivity index (χ0n) is 9.19. The van der Waals surface area contributed by atoms with Gasteiger partial charge in [0.2, 0.25) is 0 Å². The van der Waals surface area contributed by atoms with Gasteiger partial charge in [-0.3, -0.25) is 0 Å². The Morgan fingerprint density at radius 1 is 1.18 bits per heavy atom. The zero-order chi connectivity index (χ0) is 12.4. The fraction of sp³-hybridized carbons (Fsp3) is 0.167. The summed E-state index contributed by atoms with van der Waals surface area (Å²) in [5, 5.41) is 0. The molecular formula is C12H11F2N3. The molecule has 1 aromatic carbocycles. The highest BCUT2D eigenvalue weighted by atomic mass is 19.1. The van der Waals surface area contributed by atoms with E-state index in [1.54, 1.807) is 13.0 Å². The van der Waals surface area contributed by atoms with E-state index in [1.807, 2.05) is 0 Å².